The highest BCUT2D eigenvalue weighted by atomic mass is 16.5. The average molecular weight is 357 g/mol. The molecule has 2 aromatic rings. The number of carbonyl (C=O) groups excluding carboxylic acids is 1. The van der Waals surface area contributed by atoms with Crippen molar-refractivity contribution in [3.63, 3.8) is 0 Å². The van der Waals surface area contributed by atoms with Crippen LogP contribution < -0.4 is 10.1 Å². The zero-order chi connectivity index (χ0) is 18.6. The van der Waals surface area contributed by atoms with Gasteiger partial charge < -0.3 is 20.3 Å². The average Bonchev–Trinajstić information content (AvgIpc) is 2.94. The Morgan fingerprint density at radius 1 is 1.38 bits per heavy atom. The Hall–Kier alpha value is -2.48. The summed E-state index contributed by atoms with van der Waals surface area (Å²) in [5.41, 5.74) is -0.0984. The molecule has 26 heavy (non-hydrogen) atoms. The van der Waals surface area contributed by atoms with Gasteiger partial charge in [0.15, 0.2) is 0 Å². The van der Waals surface area contributed by atoms with Gasteiger partial charge in [-0.3, -0.25) is 14.7 Å². The maximum atomic E-state index is 12.1. The Balaban J connectivity index is 1.59. The lowest BCUT2D eigenvalue weighted by atomic mass is 10.0. The van der Waals surface area contributed by atoms with E-state index in [2.05, 4.69) is 10.3 Å². The van der Waals surface area contributed by atoms with E-state index < -0.39 is 11.7 Å². The zero-order valence-corrected chi connectivity index (χ0v) is 14.6. The highest BCUT2D eigenvalue weighted by molar-refractivity contribution is 5.92. The fourth-order valence-electron chi connectivity index (χ4n) is 3.12. The lowest BCUT2D eigenvalue weighted by Crippen LogP contribution is -2.51. The number of aromatic nitrogens is 1. The standard InChI is InChI=1S/C19H23N3O4/c1-26-15-6-4-5-14(9-15)10-22-11-17(23)19(25,13-22)12-21-18(24)16-7-2-3-8-20-16/h2-9,17,23,25H,10-13H2,1H3,(H,21,24)/t17-,19+/m1/s1. The molecule has 1 aromatic heterocycles. The number of rotatable bonds is 6. The van der Waals surface area contributed by atoms with Crippen LogP contribution in [0.3, 0.4) is 0 Å². The molecular formula is C19H23N3O4. The summed E-state index contributed by atoms with van der Waals surface area (Å²) in [6.45, 7) is 1.12. The molecular weight excluding hydrogens is 334 g/mol. The number of aliphatic hydroxyl groups excluding tert-OH is 1. The fraction of sp³-hybridized carbons (Fsp3) is 0.368. The number of nitrogens with one attached hydrogen (secondary N) is 1. The molecule has 3 N–H and O–H groups in total. The number of hydrogen-bond acceptors (Lipinski definition) is 6. The number of ether oxygens (including phenoxy) is 1. The lowest BCUT2D eigenvalue weighted by Gasteiger charge is -2.26. The Morgan fingerprint density at radius 3 is 2.96 bits per heavy atom. The Labute approximate surface area is 152 Å². The molecule has 1 aliphatic heterocycles. The highest BCUT2D eigenvalue weighted by Gasteiger charge is 2.44. The van der Waals surface area contributed by atoms with Gasteiger partial charge in [0.25, 0.3) is 5.91 Å². The molecule has 1 saturated heterocycles. The number of likely N-dealkylation sites (tertiary alicyclic amines) is 1. The molecule has 0 radical (unpaired) electrons. The minimum Gasteiger partial charge on any atom is -0.497 e. The van der Waals surface area contributed by atoms with E-state index >= 15 is 0 Å². The summed E-state index contributed by atoms with van der Waals surface area (Å²) in [6, 6.07) is 12.7. The second-order valence-corrected chi connectivity index (χ2v) is 6.54. The molecule has 0 aliphatic carbocycles. The molecule has 1 fully saturated rings. The number of carbonyl (C=O) groups is 1. The molecule has 1 aromatic carbocycles. The van der Waals surface area contributed by atoms with E-state index in [0.29, 0.717) is 13.1 Å². The highest BCUT2D eigenvalue weighted by Crippen LogP contribution is 2.24. The van der Waals surface area contributed by atoms with Crippen molar-refractivity contribution in [3.05, 3.63) is 59.9 Å². The monoisotopic (exact) mass is 357 g/mol. The van der Waals surface area contributed by atoms with E-state index in [-0.39, 0.29) is 24.7 Å². The van der Waals surface area contributed by atoms with E-state index in [1.165, 1.54) is 6.20 Å². The van der Waals surface area contributed by atoms with Crippen molar-refractivity contribution in [2.75, 3.05) is 26.7 Å². The summed E-state index contributed by atoms with van der Waals surface area (Å²) >= 11 is 0. The van der Waals surface area contributed by atoms with Gasteiger partial charge in [-0.15, -0.1) is 0 Å². The summed E-state index contributed by atoms with van der Waals surface area (Å²) in [5.74, 6) is 0.387. The van der Waals surface area contributed by atoms with Crippen molar-refractivity contribution >= 4 is 5.91 Å². The van der Waals surface area contributed by atoms with Gasteiger partial charge in [0.2, 0.25) is 0 Å². The van der Waals surface area contributed by atoms with Gasteiger partial charge in [-0.25, -0.2) is 0 Å². The molecule has 7 nitrogen and oxygen atoms in total. The number of pyridine rings is 1. The van der Waals surface area contributed by atoms with Crippen LogP contribution in [0.4, 0.5) is 0 Å². The number of hydrogen-bond donors (Lipinski definition) is 3. The maximum absolute atomic E-state index is 12.1. The van der Waals surface area contributed by atoms with E-state index in [9.17, 15) is 15.0 Å². The van der Waals surface area contributed by atoms with Crippen molar-refractivity contribution in [2.24, 2.45) is 0 Å². The summed E-state index contributed by atoms with van der Waals surface area (Å²) < 4.78 is 5.22. The Bertz CT molecular complexity index is 755. The summed E-state index contributed by atoms with van der Waals surface area (Å²) in [6.07, 6.45) is 0.585. The van der Waals surface area contributed by atoms with E-state index in [1.807, 2.05) is 29.2 Å². The van der Waals surface area contributed by atoms with Crippen LogP contribution in [0.15, 0.2) is 48.7 Å². The van der Waals surface area contributed by atoms with E-state index in [4.69, 9.17) is 4.74 Å². The third kappa shape index (κ3) is 4.19. The summed E-state index contributed by atoms with van der Waals surface area (Å²) in [4.78, 5) is 18.0. The van der Waals surface area contributed by atoms with Crippen LogP contribution >= 0.6 is 0 Å². The second-order valence-electron chi connectivity index (χ2n) is 6.54. The van der Waals surface area contributed by atoms with Crippen LogP contribution in [-0.4, -0.2) is 64.5 Å². The van der Waals surface area contributed by atoms with Crippen molar-refractivity contribution in [2.45, 2.75) is 18.2 Å². The molecule has 3 rings (SSSR count). The first-order valence-electron chi connectivity index (χ1n) is 8.45. The van der Waals surface area contributed by atoms with Crippen LogP contribution in [-0.2, 0) is 6.54 Å². The largest absolute Gasteiger partial charge is 0.497 e. The third-order valence-electron chi connectivity index (χ3n) is 4.54. The lowest BCUT2D eigenvalue weighted by molar-refractivity contribution is -0.0377. The van der Waals surface area contributed by atoms with Crippen molar-refractivity contribution < 1.29 is 19.7 Å². The van der Waals surface area contributed by atoms with Crippen LogP contribution in [0, 0.1) is 0 Å². The normalized spacial score (nSPS) is 23.0. The number of benzene rings is 1. The van der Waals surface area contributed by atoms with Gasteiger partial charge >= 0.3 is 0 Å². The van der Waals surface area contributed by atoms with Crippen LogP contribution in [0.1, 0.15) is 16.1 Å². The molecule has 7 heteroatoms. The molecule has 0 unspecified atom stereocenters. The van der Waals surface area contributed by atoms with Crippen molar-refractivity contribution in [1.82, 2.24) is 15.2 Å². The van der Waals surface area contributed by atoms with Crippen molar-refractivity contribution in [3.8, 4) is 5.75 Å². The Kier molecular flexibility index (Phi) is 5.51. The first kappa shape index (κ1) is 18.3. The number of aliphatic hydroxyl groups is 2. The first-order chi connectivity index (χ1) is 12.5. The maximum Gasteiger partial charge on any atom is 0.269 e. The number of amides is 1. The van der Waals surface area contributed by atoms with Crippen LogP contribution in [0.25, 0.3) is 0 Å². The van der Waals surface area contributed by atoms with Gasteiger partial charge in [0, 0.05) is 25.8 Å². The SMILES string of the molecule is COc1cccc(CN2C[C@@H](O)[C@](O)(CNC(=O)c3ccccn3)C2)c1. The predicted molar refractivity (Wildman–Crippen MR) is 95.8 cm³/mol. The smallest absolute Gasteiger partial charge is 0.269 e. The second kappa shape index (κ2) is 7.82. The minimum atomic E-state index is -1.40. The number of nitrogens with zero attached hydrogens (tertiary/aromatic N) is 2. The van der Waals surface area contributed by atoms with Crippen molar-refractivity contribution in [1.29, 1.82) is 0 Å². The predicted octanol–water partition coefficient (Wildman–Crippen LogP) is 0.428. The number of methoxy groups -OCH3 is 1. The first-order valence-corrected chi connectivity index (χ1v) is 8.45. The molecule has 1 aliphatic rings. The zero-order valence-electron chi connectivity index (χ0n) is 14.6. The molecule has 0 saturated carbocycles. The summed E-state index contributed by atoms with van der Waals surface area (Å²) in [5, 5.41) is 23.7. The van der Waals surface area contributed by atoms with E-state index in [0.717, 1.165) is 11.3 Å². The van der Waals surface area contributed by atoms with Gasteiger partial charge in [-0.1, -0.05) is 18.2 Å². The minimum absolute atomic E-state index is 0.0435. The van der Waals surface area contributed by atoms with Gasteiger partial charge in [0.1, 0.15) is 17.0 Å². The van der Waals surface area contributed by atoms with E-state index in [1.54, 1.807) is 25.3 Å². The van der Waals surface area contributed by atoms with Gasteiger partial charge in [0.05, 0.1) is 19.8 Å². The topological polar surface area (TPSA) is 94.9 Å². The number of β-amino-alcohol motifs (C(OH)–C–C–N with tert-alkyl or cyclic N) is 2. The third-order valence-corrected chi connectivity index (χ3v) is 4.54. The van der Waals surface area contributed by atoms with Gasteiger partial charge in [-0.05, 0) is 29.8 Å². The molecule has 138 valence electrons. The Morgan fingerprint density at radius 2 is 2.23 bits per heavy atom. The molecule has 1 amide bonds. The molecule has 2 atom stereocenters. The quantitative estimate of drug-likeness (QED) is 0.694. The fourth-order valence-corrected chi connectivity index (χ4v) is 3.12. The molecule has 0 bridgehead atoms. The van der Waals surface area contributed by atoms with Gasteiger partial charge in [-0.2, -0.15) is 0 Å². The molecule has 0 spiro atoms. The van der Waals surface area contributed by atoms with Crippen LogP contribution in [0.2, 0.25) is 0 Å². The summed E-state index contributed by atoms with van der Waals surface area (Å²) in [7, 11) is 1.61. The molecule has 2 heterocycles. The van der Waals surface area contributed by atoms with Crippen LogP contribution in [0.5, 0.6) is 5.75 Å².